The molecular formula is C16H29N3O. The lowest BCUT2D eigenvalue weighted by Crippen LogP contribution is -2.36. The number of nitrogens with zero attached hydrogens (tertiary/aromatic N) is 2. The van der Waals surface area contributed by atoms with Gasteiger partial charge in [-0.15, -0.1) is 0 Å². The molecule has 0 radical (unpaired) electrons. The Hall–Kier alpha value is -1.03. The second kappa shape index (κ2) is 6.17. The molecule has 1 fully saturated rings. The molecule has 1 aromatic heterocycles. The first-order chi connectivity index (χ1) is 9.59. The number of aromatic nitrogens is 2. The zero-order chi connectivity index (χ0) is 14.8. The fraction of sp³-hybridized carbons (Fsp3) is 0.812. The second-order valence-corrected chi connectivity index (χ2v) is 6.28. The highest BCUT2D eigenvalue weighted by molar-refractivity contribution is 5.31. The van der Waals surface area contributed by atoms with Crippen LogP contribution in [-0.2, 0) is 0 Å². The zero-order valence-corrected chi connectivity index (χ0v) is 13.6. The Morgan fingerprint density at radius 3 is 2.50 bits per heavy atom. The van der Waals surface area contributed by atoms with Gasteiger partial charge in [-0.1, -0.05) is 19.8 Å². The molecule has 1 aromatic rings. The molecule has 0 amide bonds. The fourth-order valence-electron chi connectivity index (χ4n) is 3.86. The van der Waals surface area contributed by atoms with Crippen LogP contribution in [0.4, 0.5) is 0 Å². The van der Waals surface area contributed by atoms with Gasteiger partial charge in [-0.3, -0.25) is 4.68 Å². The van der Waals surface area contributed by atoms with Crippen LogP contribution in [0, 0.1) is 5.41 Å². The summed E-state index contributed by atoms with van der Waals surface area (Å²) in [6, 6.07) is 0.662. The third-order valence-electron chi connectivity index (χ3n) is 4.99. The Morgan fingerprint density at radius 1 is 1.40 bits per heavy atom. The number of ether oxygens (including phenoxy) is 1. The highest BCUT2D eigenvalue weighted by Gasteiger charge is 2.42. The van der Waals surface area contributed by atoms with Crippen LogP contribution >= 0.6 is 0 Å². The van der Waals surface area contributed by atoms with Crippen LogP contribution in [0.2, 0.25) is 0 Å². The summed E-state index contributed by atoms with van der Waals surface area (Å²) in [5.41, 5.74) is 1.56. The van der Waals surface area contributed by atoms with Gasteiger partial charge in [-0.05, 0) is 45.6 Å². The van der Waals surface area contributed by atoms with E-state index in [4.69, 9.17) is 4.74 Å². The molecule has 2 rings (SSSR count). The van der Waals surface area contributed by atoms with Gasteiger partial charge in [-0.2, -0.15) is 5.10 Å². The molecule has 1 unspecified atom stereocenters. The van der Waals surface area contributed by atoms with E-state index in [1.54, 1.807) is 7.11 Å². The summed E-state index contributed by atoms with van der Waals surface area (Å²) in [5.74, 6) is 0.915. The largest absolute Gasteiger partial charge is 0.493 e. The Balaban J connectivity index is 2.48. The molecule has 1 heterocycles. The lowest BCUT2D eigenvalue weighted by Gasteiger charge is -2.37. The fourth-order valence-corrected chi connectivity index (χ4v) is 3.86. The maximum Gasteiger partial charge on any atom is 0.161 e. The van der Waals surface area contributed by atoms with Crippen molar-refractivity contribution >= 4 is 0 Å². The molecule has 1 saturated carbocycles. The van der Waals surface area contributed by atoms with Gasteiger partial charge < -0.3 is 10.1 Å². The van der Waals surface area contributed by atoms with Crippen molar-refractivity contribution in [2.45, 2.75) is 65.0 Å². The summed E-state index contributed by atoms with van der Waals surface area (Å²) in [7, 11) is 3.81. The molecule has 1 N–H and O–H groups in total. The van der Waals surface area contributed by atoms with Gasteiger partial charge >= 0.3 is 0 Å². The van der Waals surface area contributed by atoms with E-state index in [1.807, 2.05) is 6.20 Å². The second-order valence-electron chi connectivity index (χ2n) is 6.28. The van der Waals surface area contributed by atoms with Crippen LogP contribution < -0.4 is 10.1 Å². The lowest BCUT2D eigenvalue weighted by atomic mass is 9.74. The normalized spacial score (nSPS) is 19.5. The van der Waals surface area contributed by atoms with E-state index in [9.17, 15) is 0 Å². The van der Waals surface area contributed by atoms with Crippen LogP contribution in [0.1, 0.15) is 70.7 Å². The average Bonchev–Trinajstić information content (AvgIpc) is 3.07. The number of hydrogen-bond acceptors (Lipinski definition) is 3. The molecule has 0 spiro atoms. The smallest absolute Gasteiger partial charge is 0.161 e. The molecule has 0 saturated heterocycles. The SMILES string of the molecule is CCC1(C(NC)c2c(OC)cnn2C(C)C)CCCC1. The first-order valence-corrected chi connectivity index (χ1v) is 7.88. The minimum Gasteiger partial charge on any atom is -0.493 e. The highest BCUT2D eigenvalue weighted by Crippen LogP contribution is 2.51. The van der Waals surface area contributed by atoms with Crippen molar-refractivity contribution in [1.29, 1.82) is 0 Å². The third kappa shape index (κ3) is 2.46. The summed E-state index contributed by atoms with van der Waals surface area (Å²) in [5, 5.41) is 8.11. The van der Waals surface area contributed by atoms with Crippen LogP contribution in [0.3, 0.4) is 0 Å². The van der Waals surface area contributed by atoms with Gasteiger partial charge in [-0.25, -0.2) is 0 Å². The predicted octanol–water partition coefficient (Wildman–Crippen LogP) is 3.70. The molecule has 4 nitrogen and oxygen atoms in total. The van der Waals surface area contributed by atoms with Gasteiger partial charge in [0.05, 0.1) is 25.0 Å². The van der Waals surface area contributed by atoms with Crippen molar-refractivity contribution in [3.8, 4) is 5.75 Å². The van der Waals surface area contributed by atoms with E-state index in [1.165, 1.54) is 37.8 Å². The first-order valence-electron chi connectivity index (χ1n) is 7.88. The monoisotopic (exact) mass is 279 g/mol. The highest BCUT2D eigenvalue weighted by atomic mass is 16.5. The minimum absolute atomic E-state index is 0.315. The number of methoxy groups -OCH3 is 1. The predicted molar refractivity (Wildman–Crippen MR) is 82.2 cm³/mol. The standard InChI is InChI=1S/C16H29N3O/c1-6-16(9-7-8-10-16)15(17-4)14-13(20-5)11-18-19(14)12(2)3/h11-12,15,17H,6-10H2,1-5H3. The molecule has 1 aliphatic carbocycles. The van der Waals surface area contributed by atoms with Crippen molar-refractivity contribution in [1.82, 2.24) is 15.1 Å². The average molecular weight is 279 g/mol. The van der Waals surface area contributed by atoms with Crippen LogP contribution in [0.25, 0.3) is 0 Å². The van der Waals surface area contributed by atoms with E-state index in [-0.39, 0.29) is 0 Å². The Kier molecular flexibility index (Phi) is 4.74. The van der Waals surface area contributed by atoms with Crippen molar-refractivity contribution in [2.75, 3.05) is 14.2 Å². The maximum atomic E-state index is 5.58. The number of rotatable bonds is 6. The molecule has 1 atom stereocenters. The van der Waals surface area contributed by atoms with E-state index < -0.39 is 0 Å². The van der Waals surface area contributed by atoms with Gasteiger partial charge in [0.2, 0.25) is 0 Å². The molecule has 20 heavy (non-hydrogen) atoms. The zero-order valence-electron chi connectivity index (χ0n) is 13.6. The topological polar surface area (TPSA) is 39.1 Å². The Labute approximate surface area is 122 Å². The number of nitrogens with one attached hydrogen (secondary N) is 1. The summed E-state index contributed by atoms with van der Waals surface area (Å²) in [4.78, 5) is 0. The molecule has 114 valence electrons. The van der Waals surface area contributed by atoms with Gasteiger partial charge in [0.15, 0.2) is 5.75 Å². The quantitative estimate of drug-likeness (QED) is 0.863. The lowest BCUT2D eigenvalue weighted by molar-refractivity contribution is 0.181. The van der Waals surface area contributed by atoms with Crippen LogP contribution in [0.5, 0.6) is 5.75 Å². The van der Waals surface area contributed by atoms with E-state index in [0.717, 1.165) is 5.75 Å². The molecule has 0 bridgehead atoms. The summed E-state index contributed by atoms with van der Waals surface area (Å²) < 4.78 is 7.71. The van der Waals surface area contributed by atoms with Gasteiger partial charge in [0, 0.05) is 6.04 Å². The summed E-state index contributed by atoms with van der Waals surface area (Å²) in [6.07, 6.45) is 8.32. The van der Waals surface area contributed by atoms with Gasteiger partial charge in [0.1, 0.15) is 0 Å². The molecule has 1 aliphatic rings. The van der Waals surface area contributed by atoms with Crippen molar-refractivity contribution < 1.29 is 4.74 Å². The summed E-state index contributed by atoms with van der Waals surface area (Å²) in [6.45, 7) is 6.67. The van der Waals surface area contributed by atoms with E-state index in [0.29, 0.717) is 17.5 Å². The molecule has 4 heteroatoms. The summed E-state index contributed by atoms with van der Waals surface area (Å²) >= 11 is 0. The van der Waals surface area contributed by atoms with Crippen molar-refractivity contribution in [3.63, 3.8) is 0 Å². The molecule has 0 aromatic carbocycles. The third-order valence-corrected chi connectivity index (χ3v) is 4.99. The van der Waals surface area contributed by atoms with Crippen LogP contribution in [-0.4, -0.2) is 23.9 Å². The van der Waals surface area contributed by atoms with E-state index >= 15 is 0 Å². The van der Waals surface area contributed by atoms with E-state index in [2.05, 4.69) is 42.9 Å². The van der Waals surface area contributed by atoms with Crippen molar-refractivity contribution in [3.05, 3.63) is 11.9 Å². The minimum atomic E-state index is 0.315. The Bertz CT molecular complexity index is 433. The first kappa shape index (κ1) is 15.4. The van der Waals surface area contributed by atoms with Gasteiger partial charge in [0.25, 0.3) is 0 Å². The molecule has 0 aliphatic heterocycles. The number of hydrogen-bond donors (Lipinski definition) is 1. The molecular weight excluding hydrogens is 250 g/mol. The Morgan fingerprint density at radius 2 is 2.05 bits per heavy atom. The maximum absolute atomic E-state index is 5.58. The van der Waals surface area contributed by atoms with Crippen LogP contribution in [0.15, 0.2) is 6.20 Å². The van der Waals surface area contributed by atoms with Crippen molar-refractivity contribution in [2.24, 2.45) is 5.41 Å².